The van der Waals surface area contributed by atoms with E-state index in [2.05, 4.69) is 22.1 Å². The van der Waals surface area contributed by atoms with Crippen LogP contribution in [0.5, 0.6) is 0 Å². The fourth-order valence-corrected chi connectivity index (χ4v) is 4.30. The van der Waals surface area contributed by atoms with Crippen LogP contribution in [0.25, 0.3) is 21.8 Å². The summed E-state index contributed by atoms with van der Waals surface area (Å²) < 4.78 is 2.21. The van der Waals surface area contributed by atoms with Crippen molar-refractivity contribution in [3.05, 3.63) is 82.9 Å². The molecule has 3 N–H and O–H groups in total. The number of hydrogen-bond acceptors (Lipinski definition) is 5. The number of carbonyl (C=O) groups excluding carboxylic acids is 1. The SMILES string of the molecule is CCn1c2ccc(C(=O)c3ccccc3C)cc2c2cc(/C(CC(C)NO)=N\O)ccc21. The molecule has 1 aromatic heterocycles. The first-order valence-corrected chi connectivity index (χ1v) is 10.8. The third-order valence-corrected chi connectivity index (χ3v) is 6.01. The molecule has 1 unspecified atom stereocenters. The Morgan fingerprint density at radius 1 is 1.03 bits per heavy atom. The van der Waals surface area contributed by atoms with E-state index in [1.165, 1.54) is 0 Å². The van der Waals surface area contributed by atoms with E-state index in [0.717, 1.165) is 39.5 Å². The van der Waals surface area contributed by atoms with Gasteiger partial charge in [0.2, 0.25) is 0 Å². The van der Waals surface area contributed by atoms with Crippen LogP contribution in [-0.2, 0) is 6.54 Å². The largest absolute Gasteiger partial charge is 0.411 e. The summed E-state index contributed by atoms with van der Waals surface area (Å²) in [5.41, 5.74) is 7.83. The Morgan fingerprint density at radius 2 is 1.66 bits per heavy atom. The third kappa shape index (κ3) is 3.79. The molecule has 0 saturated heterocycles. The zero-order chi connectivity index (χ0) is 22.8. The standard InChI is InChI=1S/C26H27N3O3/c1-4-29-24-11-9-18(23(28-32)13-17(3)27-31)14-21(24)22-15-19(10-12-25(22)29)26(30)20-8-6-5-7-16(20)2/h5-12,14-15,17,27,31-32H,4,13H2,1-3H3/b28-23-. The Kier molecular flexibility index (Phi) is 6.08. The van der Waals surface area contributed by atoms with Gasteiger partial charge in [0.1, 0.15) is 0 Å². The number of aryl methyl sites for hydroxylation is 2. The van der Waals surface area contributed by atoms with Crippen molar-refractivity contribution in [2.45, 2.75) is 39.8 Å². The molecule has 0 radical (unpaired) electrons. The Balaban J connectivity index is 1.88. The van der Waals surface area contributed by atoms with Crippen LogP contribution in [-0.4, -0.2) is 32.5 Å². The molecule has 3 aromatic carbocycles. The Bertz CT molecular complexity index is 1340. The van der Waals surface area contributed by atoms with Gasteiger partial charge in [-0.3, -0.25) is 4.79 Å². The normalized spacial score (nSPS) is 13.1. The van der Waals surface area contributed by atoms with Crippen LogP contribution in [0.4, 0.5) is 0 Å². The topological polar surface area (TPSA) is 86.9 Å². The predicted molar refractivity (Wildman–Crippen MR) is 127 cm³/mol. The highest BCUT2D eigenvalue weighted by atomic mass is 16.5. The van der Waals surface area contributed by atoms with E-state index in [-0.39, 0.29) is 11.8 Å². The number of nitrogens with one attached hydrogen (secondary N) is 1. The highest BCUT2D eigenvalue weighted by molar-refractivity contribution is 6.16. The molecule has 0 spiro atoms. The summed E-state index contributed by atoms with van der Waals surface area (Å²) in [6.45, 7) is 6.63. The van der Waals surface area contributed by atoms with Gasteiger partial charge in [-0.1, -0.05) is 35.5 Å². The molecule has 0 aliphatic carbocycles. The van der Waals surface area contributed by atoms with E-state index in [4.69, 9.17) is 5.21 Å². The molecule has 6 heteroatoms. The van der Waals surface area contributed by atoms with Gasteiger partial charge >= 0.3 is 0 Å². The molecule has 6 nitrogen and oxygen atoms in total. The first-order chi connectivity index (χ1) is 15.5. The molecule has 32 heavy (non-hydrogen) atoms. The lowest BCUT2D eigenvalue weighted by atomic mass is 9.97. The Labute approximate surface area is 186 Å². The molecule has 0 amide bonds. The van der Waals surface area contributed by atoms with Gasteiger partial charge in [0.25, 0.3) is 0 Å². The van der Waals surface area contributed by atoms with Crippen molar-refractivity contribution in [3.8, 4) is 0 Å². The van der Waals surface area contributed by atoms with Crippen molar-refractivity contribution in [1.82, 2.24) is 10.0 Å². The van der Waals surface area contributed by atoms with Crippen molar-refractivity contribution < 1.29 is 15.2 Å². The number of oxime groups is 1. The summed E-state index contributed by atoms with van der Waals surface area (Å²) >= 11 is 0. The van der Waals surface area contributed by atoms with Crippen molar-refractivity contribution in [3.63, 3.8) is 0 Å². The molecule has 1 heterocycles. The van der Waals surface area contributed by atoms with Crippen LogP contribution >= 0.6 is 0 Å². The number of nitrogens with zero attached hydrogens (tertiary/aromatic N) is 2. The lowest BCUT2D eigenvalue weighted by Crippen LogP contribution is -2.25. The Morgan fingerprint density at radius 3 is 2.25 bits per heavy atom. The second kappa shape index (κ2) is 8.94. The summed E-state index contributed by atoms with van der Waals surface area (Å²) in [7, 11) is 0. The van der Waals surface area contributed by atoms with E-state index in [9.17, 15) is 10.0 Å². The van der Waals surface area contributed by atoms with Crippen LogP contribution in [0, 0.1) is 6.92 Å². The third-order valence-electron chi connectivity index (χ3n) is 6.01. The van der Waals surface area contributed by atoms with Crippen molar-refractivity contribution in [2.75, 3.05) is 0 Å². The second-order valence-corrected chi connectivity index (χ2v) is 8.13. The summed E-state index contributed by atoms with van der Waals surface area (Å²) in [4.78, 5) is 13.2. The second-order valence-electron chi connectivity index (χ2n) is 8.13. The lowest BCUT2D eigenvalue weighted by molar-refractivity contribution is 0.103. The van der Waals surface area contributed by atoms with Crippen molar-refractivity contribution in [1.29, 1.82) is 0 Å². The van der Waals surface area contributed by atoms with E-state index in [1.807, 2.05) is 67.6 Å². The summed E-state index contributed by atoms with van der Waals surface area (Å²) in [5, 5.41) is 24.1. The molecule has 0 bridgehead atoms. The molecular weight excluding hydrogens is 402 g/mol. The van der Waals surface area contributed by atoms with Gasteiger partial charge in [-0.15, -0.1) is 0 Å². The number of rotatable bonds is 7. The van der Waals surface area contributed by atoms with Crippen molar-refractivity contribution in [2.24, 2.45) is 5.16 Å². The van der Waals surface area contributed by atoms with E-state index in [0.29, 0.717) is 23.3 Å². The number of aromatic nitrogens is 1. The summed E-state index contributed by atoms with van der Waals surface area (Å²) in [6.07, 6.45) is 0.363. The van der Waals surface area contributed by atoms with Crippen LogP contribution in [0.3, 0.4) is 0 Å². The molecule has 0 saturated carbocycles. The van der Waals surface area contributed by atoms with Gasteiger partial charge in [0, 0.05) is 57.5 Å². The molecular formula is C26H27N3O3. The average Bonchev–Trinajstić information content (AvgIpc) is 3.14. The van der Waals surface area contributed by atoms with Crippen LogP contribution in [0.2, 0.25) is 0 Å². The predicted octanol–water partition coefficient (Wildman–Crippen LogP) is 5.29. The maximum absolute atomic E-state index is 13.2. The minimum absolute atomic E-state index is 0.000919. The molecule has 4 rings (SSSR count). The maximum Gasteiger partial charge on any atom is 0.193 e. The highest BCUT2D eigenvalue weighted by Gasteiger charge is 2.17. The van der Waals surface area contributed by atoms with Crippen LogP contribution < -0.4 is 5.48 Å². The zero-order valence-electron chi connectivity index (χ0n) is 18.5. The van der Waals surface area contributed by atoms with Gasteiger partial charge in [-0.25, -0.2) is 5.48 Å². The first-order valence-electron chi connectivity index (χ1n) is 10.8. The Hall–Kier alpha value is -3.48. The summed E-state index contributed by atoms with van der Waals surface area (Å²) in [5.74, 6) is -0.000919. The molecule has 0 aliphatic rings. The molecule has 164 valence electrons. The fraction of sp³-hybridized carbons (Fsp3) is 0.231. The number of carbonyl (C=O) groups is 1. The van der Waals surface area contributed by atoms with Gasteiger partial charge in [-0.2, -0.15) is 0 Å². The highest BCUT2D eigenvalue weighted by Crippen LogP contribution is 2.32. The molecule has 0 aliphatic heterocycles. The van der Waals surface area contributed by atoms with E-state index in [1.54, 1.807) is 6.92 Å². The van der Waals surface area contributed by atoms with Gasteiger partial charge in [-0.05, 0) is 56.7 Å². The number of fused-ring (bicyclic) bond motifs is 3. The van der Waals surface area contributed by atoms with E-state index < -0.39 is 0 Å². The van der Waals surface area contributed by atoms with Crippen LogP contribution in [0.1, 0.15) is 47.3 Å². The molecule has 1 atom stereocenters. The minimum Gasteiger partial charge on any atom is -0.411 e. The van der Waals surface area contributed by atoms with Gasteiger partial charge < -0.3 is 15.0 Å². The smallest absolute Gasteiger partial charge is 0.193 e. The number of hydroxylamine groups is 1. The van der Waals surface area contributed by atoms with E-state index >= 15 is 0 Å². The number of hydrogen-bond donors (Lipinski definition) is 3. The minimum atomic E-state index is -0.257. The maximum atomic E-state index is 13.2. The fourth-order valence-electron chi connectivity index (χ4n) is 4.30. The van der Waals surface area contributed by atoms with Gasteiger partial charge in [0.15, 0.2) is 5.78 Å². The average molecular weight is 430 g/mol. The molecule has 0 fully saturated rings. The van der Waals surface area contributed by atoms with Gasteiger partial charge in [0.05, 0.1) is 5.71 Å². The zero-order valence-corrected chi connectivity index (χ0v) is 18.5. The number of benzene rings is 3. The first kappa shape index (κ1) is 21.7. The molecule has 4 aromatic rings. The van der Waals surface area contributed by atoms with Crippen LogP contribution in [0.15, 0.2) is 65.8 Å². The summed E-state index contributed by atoms with van der Waals surface area (Å²) in [6, 6.07) is 19.1. The monoisotopic (exact) mass is 429 g/mol. The number of ketones is 1. The van der Waals surface area contributed by atoms with Crippen molar-refractivity contribution >= 4 is 33.3 Å². The quantitative estimate of drug-likeness (QED) is 0.161. The lowest BCUT2D eigenvalue weighted by Gasteiger charge is -2.11.